The molecule has 174 valence electrons. The SMILES string of the molecule is O=C(CSc1cn(CCNC(=O)c2ccc(F)cc2)c2ccccc12)Nc1ccc(Cl)c(Cl)c1. The van der Waals surface area contributed by atoms with Crippen molar-refractivity contribution >= 4 is 63.4 Å². The van der Waals surface area contributed by atoms with Crippen LogP contribution in [0.3, 0.4) is 0 Å². The molecule has 0 aliphatic rings. The number of anilines is 1. The fraction of sp³-hybridized carbons (Fsp3) is 0.120. The topological polar surface area (TPSA) is 63.1 Å². The Kier molecular flexibility index (Phi) is 7.77. The maximum atomic E-state index is 13.1. The first-order chi connectivity index (χ1) is 16.4. The molecule has 1 aromatic heterocycles. The smallest absolute Gasteiger partial charge is 0.251 e. The van der Waals surface area contributed by atoms with Gasteiger partial charge in [0.2, 0.25) is 5.91 Å². The Morgan fingerprint density at radius 2 is 1.74 bits per heavy atom. The molecule has 0 saturated heterocycles. The van der Waals surface area contributed by atoms with E-state index < -0.39 is 0 Å². The van der Waals surface area contributed by atoms with E-state index >= 15 is 0 Å². The largest absolute Gasteiger partial charge is 0.350 e. The first-order valence-corrected chi connectivity index (χ1v) is 12.1. The quantitative estimate of drug-likeness (QED) is 0.272. The van der Waals surface area contributed by atoms with Gasteiger partial charge in [-0.1, -0.05) is 41.4 Å². The molecule has 9 heteroatoms. The van der Waals surface area contributed by atoms with Crippen molar-refractivity contribution in [3.63, 3.8) is 0 Å². The number of nitrogens with zero attached hydrogens (tertiary/aromatic N) is 1. The molecular weight excluding hydrogens is 496 g/mol. The van der Waals surface area contributed by atoms with Crippen LogP contribution in [0.15, 0.2) is 77.8 Å². The number of rotatable bonds is 8. The standard InChI is InChI=1S/C25H20Cl2FN3O2S/c26-20-10-9-18(13-21(20)27)30-24(32)15-34-23-14-31(22-4-2-1-3-19(22)23)12-11-29-25(33)16-5-7-17(28)8-6-16/h1-10,13-14H,11-12,15H2,(H,29,33)(H,30,32). The minimum atomic E-state index is -0.383. The number of hydrogen-bond acceptors (Lipinski definition) is 3. The van der Waals surface area contributed by atoms with Gasteiger partial charge in [-0.2, -0.15) is 0 Å². The van der Waals surface area contributed by atoms with Crippen molar-refractivity contribution in [1.29, 1.82) is 0 Å². The number of aromatic nitrogens is 1. The molecule has 0 bridgehead atoms. The number of para-hydroxylation sites is 1. The molecule has 34 heavy (non-hydrogen) atoms. The molecule has 5 nitrogen and oxygen atoms in total. The molecule has 1 heterocycles. The minimum absolute atomic E-state index is 0.160. The zero-order valence-electron chi connectivity index (χ0n) is 17.9. The van der Waals surface area contributed by atoms with Gasteiger partial charge < -0.3 is 15.2 Å². The van der Waals surface area contributed by atoms with Crippen LogP contribution in [0, 0.1) is 5.82 Å². The highest BCUT2D eigenvalue weighted by Crippen LogP contribution is 2.30. The molecule has 3 aromatic carbocycles. The highest BCUT2D eigenvalue weighted by Gasteiger charge is 2.12. The highest BCUT2D eigenvalue weighted by molar-refractivity contribution is 8.00. The first kappa shape index (κ1) is 24.1. The summed E-state index contributed by atoms with van der Waals surface area (Å²) in [4.78, 5) is 25.7. The van der Waals surface area contributed by atoms with Crippen molar-refractivity contribution in [1.82, 2.24) is 9.88 Å². The third-order valence-corrected chi connectivity index (χ3v) is 6.84. The highest BCUT2D eigenvalue weighted by atomic mass is 35.5. The van der Waals surface area contributed by atoms with Crippen LogP contribution in [0.2, 0.25) is 10.0 Å². The van der Waals surface area contributed by atoms with Gasteiger partial charge in [-0.15, -0.1) is 11.8 Å². The van der Waals surface area contributed by atoms with Crippen LogP contribution < -0.4 is 10.6 Å². The normalized spacial score (nSPS) is 10.9. The van der Waals surface area contributed by atoms with Crippen LogP contribution in [0.5, 0.6) is 0 Å². The van der Waals surface area contributed by atoms with E-state index in [1.807, 2.05) is 35.0 Å². The predicted octanol–water partition coefficient (Wildman–Crippen LogP) is 6.25. The first-order valence-electron chi connectivity index (χ1n) is 10.4. The lowest BCUT2D eigenvalue weighted by Crippen LogP contribution is -2.27. The van der Waals surface area contributed by atoms with Crippen LogP contribution in [0.1, 0.15) is 10.4 Å². The second-order valence-electron chi connectivity index (χ2n) is 7.43. The van der Waals surface area contributed by atoms with Gasteiger partial charge in [-0.25, -0.2) is 4.39 Å². The van der Waals surface area contributed by atoms with Gasteiger partial charge in [0.25, 0.3) is 5.91 Å². The summed E-state index contributed by atoms with van der Waals surface area (Å²) < 4.78 is 15.1. The summed E-state index contributed by atoms with van der Waals surface area (Å²) in [5, 5.41) is 7.50. The third-order valence-electron chi connectivity index (χ3n) is 5.06. The number of benzene rings is 3. The maximum Gasteiger partial charge on any atom is 0.251 e. The summed E-state index contributed by atoms with van der Waals surface area (Å²) in [6.07, 6.45) is 1.98. The van der Waals surface area contributed by atoms with Gasteiger partial charge in [0.05, 0.1) is 15.8 Å². The molecule has 2 amide bonds. The molecule has 4 aromatic rings. The van der Waals surface area contributed by atoms with E-state index in [0.29, 0.717) is 34.4 Å². The van der Waals surface area contributed by atoms with Crippen molar-refractivity contribution in [2.24, 2.45) is 0 Å². The van der Waals surface area contributed by atoms with E-state index in [-0.39, 0.29) is 23.4 Å². The van der Waals surface area contributed by atoms with Gasteiger partial charge in [-0.3, -0.25) is 9.59 Å². The van der Waals surface area contributed by atoms with Gasteiger partial charge in [0.1, 0.15) is 5.82 Å². The van der Waals surface area contributed by atoms with E-state index in [2.05, 4.69) is 10.6 Å². The minimum Gasteiger partial charge on any atom is -0.350 e. The monoisotopic (exact) mass is 515 g/mol. The van der Waals surface area contributed by atoms with Crippen molar-refractivity contribution in [2.75, 3.05) is 17.6 Å². The number of nitrogens with one attached hydrogen (secondary N) is 2. The maximum absolute atomic E-state index is 13.1. The average molecular weight is 516 g/mol. The molecule has 0 saturated carbocycles. The van der Waals surface area contributed by atoms with E-state index in [1.54, 1.807) is 18.2 Å². The average Bonchev–Trinajstić information content (AvgIpc) is 3.18. The number of halogens is 3. The van der Waals surface area contributed by atoms with Crippen molar-refractivity contribution in [3.05, 3.63) is 94.4 Å². The Bertz CT molecular complexity index is 1340. The summed E-state index contributed by atoms with van der Waals surface area (Å²) in [5.41, 5.74) is 1.99. The van der Waals surface area contributed by atoms with Crippen LogP contribution in [0.25, 0.3) is 10.9 Å². The van der Waals surface area contributed by atoms with Gasteiger partial charge in [0.15, 0.2) is 0 Å². The second kappa shape index (κ2) is 11.0. The van der Waals surface area contributed by atoms with Gasteiger partial charge in [0, 0.05) is 46.3 Å². The molecule has 0 unspecified atom stereocenters. The summed E-state index contributed by atoms with van der Waals surface area (Å²) >= 11 is 13.4. The second-order valence-corrected chi connectivity index (χ2v) is 9.26. The Balaban J connectivity index is 1.38. The predicted molar refractivity (Wildman–Crippen MR) is 136 cm³/mol. The van der Waals surface area contributed by atoms with E-state index in [4.69, 9.17) is 23.2 Å². The summed E-state index contributed by atoms with van der Waals surface area (Å²) in [7, 11) is 0. The van der Waals surface area contributed by atoms with Crippen LogP contribution in [-0.2, 0) is 11.3 Å². The van der Waals surface area contributed by atoms with Gasteiger partial charge >= 0.3 is 0 Å². The molecule has 0 atom stereocenters. The molecule has 0 aliphatic carbocycles. The number of carbonyl (C=O) groups is 2. The Morgan fingerprint density at radius 1 is 0.971 bits per heavy atom. The van der Waals surface area contributed by atoms with Crippen LogP contribution in [-0.4, -0.2) is 28.7 Å². The van der Waals surface area contributed by atoms with Crippen molar-refractivity contribution in [3.8, 4) is 0 Å². The lowest BCUT2D eigenvalue weighted by atomic mass is 10.2. The fourth-order valence-electron chi connectivity index (χ4n) is 3.42. The molecule has 0 aliphatic heterocycles. The number of carbonyl (C=O) groups excluding carboxylic acids is 2. The van der Waals surface area contributed by atoms with E-state index in [1.165, 1.54) is 36.0 Å². The van der Waals surface area contributed by atoms with E-state index in [9.17, 15) is 14.0 Å². The van der Waals surface area contributed by atoms with E-state index in [0.717, 1.165) is 15.8 Å². The van der Waals surface area contributed by atoms with Crippen molar-refractivity contribution < 1.29 is 14.0 Å². The fourth-order valence-corrected chi connectivity index (χ4v) is 4.61. The molecular formula is C25H20Cl2FN3O2S. The summed E-state index contributed by atoms with van der Waals surface area (Å²) in [6.45, 7) is 0.945. The van der Waals surface area contributed by atoms with Crippen molar-refractivity contribution in [2.45, 2.75) is 11.4 Å². The molecule has 0 spiro atoms. The Hall–Kier alpha value is -3.00. The summed E-state index contributed by atoms with van der Waals surface area (Å²) in [5.74, 6) is -0.585. The summed E-state index contributed by atoms with van der Waals surface area (Å²) in [6, 6.07) is 18.3. The number of amides is 2. The molecule has 0 radical (unpaired) electrons. The zero-order valence-corrected chi connectivity index (χ0v) is 20.2. The number of hydrogen-bond donors (Lipinski definition) is 2. The lowest BCUT2D eigenvalue weighted by Gasteiger charge is -2.07. The number of thioether (sulfide) groups is 1. The van der Waals surface area contributed by atoms with Crippen LogP contribution in [0.4, 0.5) is 10.1 Å². The van der Waals surface area contributed by atoms with Crippen LogP contribution >= 0.6 is 35.0 Å². The molecule has 0 fully saturated rings. The molecule has 2 N–H and O–H groups in total. The van der Waals surface area contributed by atoms with Gasteiger partial charge in [-0.05, 0) is 48.5 Å². The zero-order chi connectivity index (χ0) is 24.1. The Morgan fingerprint density at radius 3 is 2.50 bits per heavy atom. The lowest BCUT2D eigenvalue weighted by molar-refractivity contribution is -0.113. The Labute approximate surface area is 210 Å². The number of fused-ring (bicyclic) bond motifs is 1. The molecule has 4 rings (SSSR count). The third kappa shape index (κ3) is 5.91.